The van der Waals surface area contributed by atoms with Crippen LogP contribution in [0, 0.1) is 0 Å². The van der Waals surface area contributed by atoms with Gasteiger partial charge in [-0.15, -0.1) is 0 Å². The van der Waals surface area contributed by atoms with Gasteiger partial charge in [-0.2, -0.15) is 5.10 Å². The van der Waals surface area contributed by atoms with Crippen molar-refractivity contribution in [3.8, 4) is 11.3 Å². The third-order valence-corrected chi connectivity index (χ3v) is 2.90. The van der Waals surface area contributed by atoms with E-state index in [2.05, 4.69) is 10.6 Å². The molecule has 6 heteroatoms. The average molecular weight is 280 g/mol. The maximum Gasteiger partial charge on any atom is 0.293 e. The van der Waals surface area contributed by atoms with Gasteiger partial charge >= 0.3 is 0 Å². The van der Waals surface area contributed by atoms with Gasteiger partial charge in [-0.3, -0.25) is 14.3 Å². The molecule has 0 bridgehead atoms. The van der Waals surface area contributed by atoms with E-state index in [4.69, 9.17) is 16.4 Å². The minimum Gasteiger partial charge on any atom is -0.274 e. The van der Waals surface area contributed by atoms with Crippen molar-refractivity contribution < 1.29 is 9.63 Å². The molecule has 1 heterocycles. The number of amides is 1. The number of aromatic nitrogens is 2. The third kappa shape index (κ3) is 2.94. The fourth-order valence-corrected chi connectivity index (χ4v) is 1.90. The molecule has 5 nitrogen and oxygen atoms in total. The topological polar surface area (TPSA) is 56.1 Å². The third-order valence-electron chi connectivity index (χ3n) is 2.57. The van der Waals surface area contributed by atoms with E-state index in [1.54, 1.807) is 26.1 Å². The number of carbonyl (C=O) groups is 1. The van der Waals surface area contributed by atoms with Gasteiger partial charge in [0.15, 0.2) is 0 Å². The number of benzene rings is 1. The summed E-state index contributed by atoms with van der Waals surface area (Å²) >= 11 is 6.11. The van der Waals surface area contributed by atoms with E-state index in [1.807, 2.05) is 18.2 Å². The fraction of sp³-hybridized carbons (Fsp3) is 0.231. The molecule has 0 saturated heterocycles. The number of rotatable bonds is 4. The Hall–Kier alpha value is -1.85. The first-order valence-corrected chi connectivity index (χ1v) is 6.22. The first-order chi connectivity index (χ1) is 9.13. The molecule has 2 rings (SSSR count). The Morgan fingerprint density at radius 2 is 2.21 bits per heavy atom. The number of hydrogen-bond acceptors (Lipinski definition) is 3. The lowest BCUT2D eigenvalue weighted by Crippen LogP contribution is -2.25. The Bertz CT molecular complexity index is 595. The molecule has 0 aliphatic rings. The van der Waals surface area contributed by atoms with Crippen LogP contribution in [0.15, 0.2) is 30.3 Å². The molecule has 19 heavy (non-hydrogen) atoms. The second-order valence-electron chi connectivity index (χ2n) is 3.88. The molecular formula is C13H14ClN3O2. The second-order valence-corrected chi connectivity index (χ2v) is 4.29. The average Bonchev–Trinajstić information content (AvgIpc) is 2.78. The van der Waals surface area contributed by atoms with Crippen molar-refractivity contribution >= 4 is 17.5 Å². The fourth-order valence-electron chi connectivity index (χ4n) is 1.67. The van der Waals surface area contributed by atoms with Crippen molar-refractivity contribution in [2.24, 2.45) is 7.05 Å². The summed E-state index contributed by atoms with van der Waals surface area (Å²) in [6.45, 7) is 2.19. The minimum absolute atomic E-state index is 0.338. The second kappa shape index (κ2) is 5.86. The van der Waals surface area contributed by atoms with Gasteiger partial charge in [0, 0.05) is 12.6 Å². The van der Waals surface area contributed by atoms with Crippen LogP contribution in [0.5, 0.6) is 0 Å². The van der Waals surface area contributed by atoms with E-state index < -0.39 is 0 Å². The smallest absolute Gasteiger partial charge is 0.274 e. The molecule has 2 aromatic rings. The molecule has 0 radical (unpaired) electrons. The highest BCUT2D eigenvalue weighted by atomic mass is 35.5. The Morgan fingerprint density at radius 1 is 1.47 bits per heavy atom. The number of halogens is 1. The quantitative estimate of drug-likeness (QED) is 0.875. The summed E-state index contributed by atoms with van der Waals surface area (Å²) in [5.74, 6) is -0.338. The van der Waals surface area contributed by atoms with Gasteiger partial charge in [-0.1, -0.05) is 29.8 Å². The maximum absolute atomic E-state index is 11.8. The number of hydroxylamine groups is 1. The zero-order valence-electron chi connectivity index (χ0n) is 10.7. The van der Waals surface area contributed by atoms with Gasteiger partial charge in [0.05, 0.1) is 17.3 Å². The molecule has 0 atom stereocenters. The van der Waals surface area contributed by atoms with Gasteiger partial charge in [0.2, 0.25) is 0 Å². The molecule has 1 aromatic carbocycles. The summed E-state index contributed by atoms with van der Waals surface area (Å²) in [5.41, 5.74) is 4.18. The van der Waals surface area contributed by atoms with Crippen LogP contribution >= 0.6 is 11.6 Å². The van der Waals surface area contributed by atoms with Crippen molar-refractivity contribution in [1.82, 2.24) is 15.3 Å². The molecule has 0 aliphatic carbocycles. The lowest BCUT2D eigenvalue weighted by molar-refractivity contribution is 0.0356. The lowest BCUT2D eigenvalue weighted by atomic mass is 10.1. The van der Waals surface area contributed by atoms with Crippen LogP contribution in [0.3, 0.4) is 0 Å². The highest BCUT2D eigenvalue weighted by molar-refractivity contribution is 6.33. The number of nitrogens with one attached hydrogen (secondary N) is 1. The van der Waals surface area contributed by atoms with Crippen LogP contribution in [-0.2, 0) is 11.9 Å². The van der Waals surface area contributed by atoms with E-state index in [1.165, 1.54) is 4.68 Å². The Labute approximate surface area is 116 Å². The Kier molecular flexibility index (Phi) is 4.19. The van der Waals surface area contributed by atoms with Crippen LogP contribution in [0.25, 0.3) is 11.3 Å². The zero-order valence-corrected chi connectivity index (χ0v) is 11.4. The standard InChI is InChI=1S/C13H14ClN3O2/c1-3-19-16-13(18)12-8-11(15-17(12)2)9-6-4-5-7-10(9)14/h4-8H,3H2,1-2H3,(H,16,18). The van der Waals surface area contributed by atoms with Gasteiger partial charge in [-0.05, 0) is 19.1 Å². The van der Waals surface area contributed by atoms with E-state index in [-0.39, 0.29) is 5.91 Å². The zero-order chi connectivity index (χ0) is 13.8. The number of hydrogen-bond donors (Lipinski definition) is 1. The highest BCUT2D eigenvalue weighted by Gasteiger charge is 2.15. The monoisotopic (exact) mass is 279 g/mol. The van der Waals surface area contributed by atoms with Gasteiger partial charge in [0.25, 0.3) is 5.91 Å². The largest absolute Gasteiger partial charge is 0.293 e. The lowest BCUT2D eigenvalue weighted by Gasteiger charge is -2.02. The van der Waals surface area contributed by atoms with Gasteiger partial charge in [0.1, 0.15) is 5.69 Å². The summed E-state index contributed by atoms with van der Waals surface area (Å²) in [7, 11) is 1.70. The predicted molar refractivity (Wildman–Crippen MR) is 72.7 cm³/mol. The van der Waals surface area contributed by atoms with E-state index in [0.717, 1.165) is 5.56 Å². The van der Waals surface area contributed by atoms with Crippen molar-refractivity contribution in [3.63, 3.8) is 0 Å². The van der Waals surface area contributed by atoms with E-state index in [9.17, 15) is 4.79 Å². The van der Waals surface area contributed by atoms with E-state index in [0.29, 0.717) is 23.0 Å². The normalized spacial score (nSPS) is 10.5. The van der Waals surface area contributed by atoms with Gasteiger partial charge < -0.3 is 0 Å². The summed E-state index contributed by atoms with van der Waals surface area (Å²) in [6, 6.07) is 9.03. The minimum atomic E-state index is -0.338. The van der Waals surface area contributed by atoms with Crippen molar-refractivity contribution in [2.45, 2.75) is 6.92 Å². The van der Waals surface area contributed by atoms with Crippen LogP contribution in [0.1, 0.15) is 17.4 Å². The predicted octanol–water partition coefficient (Wildman–Crippen LogP) is 2.42. The molecule has 100 valence electrons. The molecule has 1 amide bonds. The summed E-state index contributed by atoms with van der Waals surface area (Å²) in [6.07, 6.45) is 0. The molecule has 0 fully saturated rings. The summed E-state index contributed by atoms with van der Waals surface area (Å²) < 4.78 is 1.49. The number of aryl methyl sites for hydroxylation is 1. The Balaban J connectivity index is 2.31. The van der Waals surface area contributed by atoms with Gasteiger partial charge in [-0.25, -0.2) is 5.48 Å². The summed E-state index contributed by atoms with van der Waals surface area (Å²) in [4.78, 5) is 16.7. The van der Waals surface area contributed by atoms with Crippen LogP contribution in [-0.4, -0.2) is 22.3 Å². The number of nitrogens with zero attached hydrogens (tertiary/aromatic N) is 2. The van der Waals surface area contributed by atoms with Crippen molar-refractivity contribution in [2.75, 3.05) is 6.61 Å². The summed E-state index contributed by atoms with van der Waals surface area (Å²) in [5, 5.41) is 4.88. The molecule has 1 aromatic heterocycles. The van der Waals surface area contributed by atoms with E-state index >= 15 is 0 Å². The molecular weight excluding hydrogens is 266 g/mol. The highest BCUT2D eigenvalue weighted by Crippen LogP contribution is 2.26. The first-order valence-electron chi connectivity index (χ1n) is 5.84. The molecule has 1 N–H and O–H groups in total. The maximum atomic E-state index is 11.8. The Morgan fingerprint density at radius 3 is 2.89 bits per heavy atom. The van der Waals surface area contributed by atoms with Crippen LogP contribution in [0.4, 0.5) is 0 Å². The number of carbonyl (C=O) groups excluding carboxylic acids is 1. The van der Waals surface area contributed by atoms with Crippen molar-refractivity contribution in [1.29, 1.82) is 0 Å². The van der Waals surface area contributed by atoms with Crippen molar-refractivity contribution in [3.05, 3.63) is 41.0 Å². The SMILES string of the molecule is CCONC(=O)c1cc(-c2ccccc2Cl)nn1C. The molecule has 0 saturated carbocycles. The molecule has 0 aliphatic heterocycles. The van der Waals surface area contributed by atoms with Crippen LogP contribution < -0.4 is 5.48 Å². The molecule has 0 unspecified atom stereocenters. The van der Waals surface area contributed by atoms with Crippen LogP contribution in [0.2, 0.25) is 5.02 Å². The first kappa shape index (κ1) is 13.6. The molecule has 0 spiro atoms.